The maximum Gasteiger partial charge on any atom is 0.254 e. The van der Waals surface area contributed by atoms with E-state index in [9.17, 15) is 0 Å². The van der Waals surface area contributed by atoms with E-state index in [0.717, 1.165) is 31.0 Å². The third-order valence-electron chi connectivity index (χ3n) is 5.48. The van der Waals surface area contributed by atoms with Crippen LogP contribution in [0.4, 0.5) is 5.82 Å². The fraction of sp³-hybridized carbons (Fsp3) is 0.706. The van der Waals surface area contributed by atoms with Crippen LogP contribution in [-0.4, -0.2) is 50.7 Å². The molecule has 6 heteroatoms. The zero-order chi connectivity index (χ0) is 15.8. The van der Waals surface area contributed by atoms with Gasteiger partial charge in [0.15, 0.2) is 0 Å². The fourth-order valence-corrected chi connectivity index (χ4v) is 4.06. The van der Waals surface area contributed by atoms with Crippen molar-refractivity contribution < 1.29 is 0 Å². The summed E-state index contributed by atoms with van der Waals surface area (Å²) in [6.45, 7) is 4.53. The number of nitrogens with zero attached hydrogens (tertiary/aromatic N) is 5. The highest BCUT2D eigenvalue weighted by molar-refractivity contribution is 5.53. The summed E-state index contributed by atoms with van der Waals surface area (Å²) in [7, 11) is 2.24. The van der Waals surface area contributed by atoms with Gasteiger partial charge in [0.25, 0.3) is 5.78 Å². The molecule has 2 aromatic heterocycles. The van der Waals surface area contributed by atoms with E-state index in [-0.39, 0.29) is 0 Å². The molecule has 1 aliphatic heterocycles. The second-order valence-corrected chi connectivity index (χ2v) is 7.20. The molecule has 124 valence electrons. The van der Waals surface area contributed by atoms with Crippen molar-refractivity contribution in [3.05, 3.63) is 17.6 Å². The molecule has 2 atom stereocenters. The minimum Gasteiger partial charge on any atom is -0.370 e. The first-order valence-electron chi connectivity index (χ1n) is 8.88. The summed E-state index contributed by atoms with van der Waals surface area (Å²) in [6, 6.07) is 0.714. The van der Waals surface area contributed by atoms with Crippen molar-refractivity contribution >= 4 is 11.6 Å². The van der Waals surface area contributed by atoms with Gasteiger partial charge in [0.2, 0.25) is 0 Å². The number of hydrogen-bond acceptors (Lipinski definition) is 5. The first kappa shape index (κ1) is 14.9. The topological polar surface area (TPSA) is 58.4 Å². The molecule has 0 unspecified atom stereocenters. The van der Waals surface area contributed by atoms with Gasteiger partial charge < -0.3 is 10.2 Å². The molecule has 2 aromatic rings. The minimum absolute atomic E-state index is 0.709. The van der Waals surface area contributed by atoms with Crippen molar-refractivity contribution in [3.63, 3.8) is 0 Å². The summed E-state index contributed by atoms with van der Waals surface area (Å²) in [6.07, 6.45) is 8.81. The van der Waals surface area contributed by atoms with Crippen LogP contribution < -0.4 is 5.32 Å². The lowest BCUT2D eigenvalue weighted by atomic mass is 9.88. The third-order valence-corrected chi connectivity index (χ3v) is 5.48. The van der Waals surface area contributed by atoms with Gasteiger partial charge in [-0.3, -0.25) is 0 Å². The predicted octanol–water partition coefficient (Wildman–Crippen LogP) is 2.15. The number of rotatable bonds is 4. The van der Waals surface area contributed by atoms with Gasteiger partial charge in [0, 0.05) is 18.2 Å². The standard InChI is InChI=1S/C17H26N6/c1-12-5-6-14-15(10-12)21-17-19-11-20-23(17)16(14)18-8-7-13-4-3-9-22(13)2/h11-13,18H,3-10H2,1-2H3/t12-,13+/m0/s1. The Morgan fingerprint density at radius 1 is 1.35 bits per heavy atom. The van der Waals surface area contributed by atoms with E-state index < -0.39 is 0 Å². The largest absolute Gasteiger partial charge is 0.370 e. The molecular weight excluding hydrogens is 288 g/mol. The Hall–Kier alpha value is -1.69. The molecular formula is C17H26N6. The van der Waals surface area contributed by atoms with Crippen molar-refractivity contribution in [1.82, 2.24) is 24.5 Å². The summed E-state index contributed by atoms with van der Waals surface area (Å²) in [5.41, 5.74) is 2.56. The van der Waals surface area contributed by atoms with E-state index >= 15 is 0 Å². The molecule has 0 bridgehead atoms. The highest BCUT2D eigenvalue weighted by Crippen LogP contribution is 2.30. The van der Waals surface area contributed by atoms with E-state index in [1.54, 1.807) is 6.33 Å². The molecule has 0 spiro atoms. The van der Waals surface area contributed by atoms with Crippen molar-refractivity contribution in [2.24, 2.45) is 5.92 Å². The van der Waals surface area contributed by atoms with E-state index in [4.69, 9.17) is 4.98 Å². The number of anilines is 1. The molecule has 1 aliphatic carbocycles. The van der Waals surface area contributed by atoms with Gasteiger partial charge >= 0.3 is 0 Å². The number of hydrogen-bond donors (Lipinski definition) is 1. The van der Waals surface area contributed by atoms with E-state index in [1.165, 1.54) is 43.5 Å². The Morgan fingerprint density at radius 3 is 3.09 bits per heavy atom. The molecule has 1 fully saturated rings. The normalized spacial score (nSPS) is 25.0. The van der Waals surface area contributed by atoms with Crippen LogP contribution in [0.3, 0.4) is 0 Å². The van der Waals surface area contributed by atoms with Gasteiger partial charge in [-0.1, -0.05) is 6.92 Å². The Bertz CT molecular complexity index is 694. The number of likely N-dealkylation sites (tertiary alicyclic amines) is 1. The lowest BCUT2D eigenvalue weighted by molar-refractivity contribution is 0.301. The zero-order valence-corrected chi connectivity index (χ0v) is 14.1. The molecule has 1 N–H and O–H groups in total. The van der Waals surface area contributed by atoms with Crippen LogP contribution in [0.5, 0.6) is 0 Å². The van der Waals surface area contributed by atoms with Gasteiger partial charge in [-0.2, -0.15) is 14.6 Å². The van der Waals surface area contributed by atoms with Crippen LogP contribution in [0.2, 0.25) is 0 Å². The molecule has 0 amide bonds. The van der Waals surface area contributed by atoms with E-state index in [2.05, 4.69) is 34.3 Å². The van der Waals surface area contributed by atoms with Crippen LogP contribution in [-0.2, 0) is 12.8 Å². The minimum atomic E-state index is 0.709. The summed E-state index contributed by atoms with van der Waals surface area (Å²) < 4.78 is 1.88. The molecule has 0 saturated carbocycles. The van der Waals surface area contributed by atoms with Gasteiger partial charge in [-0.15, -0.1) is 0 Å². The number of aromatic nitrogens is 4. The van der Waals surface area contributed by atoms with Gasteiger partial charge in [-0.25, -0.2) is 4.98 Å². The van der Waals surface area contributed by atoms with Crippen LogP contribution in [0.1, 0.15) is 43.9 Å². The average Bonchev–Trinajstić information content (AvgIpc) is 3.15. The molecule has 6 nitrogen and oxygen atoms in total. The first-order chi connectivity index (χ1) is 11.2. The Kier molecular flexibility index (Phi) is 3.93. The highest BCUT2D eigenvalue weighted by Gasteiger charge is 2.24. The second-order valence-electron chi connectivity index (χ2n) is 7.20. The first-order valence-corrected chi connectivity index (χ1v) is 8.88. The lowest BCUT2D eigenvalue weighted by Gasteiger charge is -2.24. The van der Waals surface area contributed by atoms with E-state index in [1.807, 2.05) is 4.52 Å². The maximum atomic E-state index is 4.73. The monoisotopic (exact) mass is 314 g/mol. The third kappa shape index (κ3) is 2.80. The van der Waals surface area contributed by atoms with Crippen molar-refractivity contribution in [2.45, 2.75) is 51.5 Å². The summed E-state index contributed by atoms with van der Waals surface area (Å²) in [5.74, 6) is 2.55. The molecule has 2 aliphatic rings. The highest BCUT2D eigenvalue weighted by atomic mass is 15.4. The predicted molar refractivity (Wildman–Crippen MR) is 90.7 cm³/mol. The number of fused-ring (bicyclic) bond motifs is 2. The molecule has 0 aromatic carbocycles. The Morgan fingerprint density at radius 2 is 2.26 bits per heavy atom. The zero-order valence-electron chi connectivity index (χ0n) is 14.1. The molecule has 3 heterocycles. The maximum absolute atomic E-state index is 4.73. The van der Waals surface area contributed by atoms with Crippen molar-refractivity contribution in [1.29, 1.82) is 0 Å². The van der Waals surface area contributed by atoms with Crippen LogP contribution in [0.15, 0.2) is 6.33 Å². The van der Waals surface area contributed by atoms with Gasteiger partial charge in [0.1, 0.15) is 12.1 Å². The van der Waals surface area contributed by atoms with E-state index in [0.29, 0.717) is 12.0 Å². The molecule has 1 saturated heterocycles. The number of nitrogens with one attached hydrogen (secondary N) is 1. The summed E-state index contributed by atoms with van der Waals surface area (Å²) in [5, 5.41) is 8.04. The average molecular weight is 314 g/mol. The molecule has 23 heavy (non-hydrogen) atoms. The summed E-state index contributed by atoms with van der Waals surface area (Å²) >= 11 is 0. The smallest absolute Gasteiger partial charge is 0.254 e. The lowest BCUT2D eigenvalue weighted by Crippen LogP contribution is -2.27. The van der Waals surface area contributed by atoms with Crippen LogP contribution in [0.25, 0.3) is 5.78 Å². The quantitative estimate of drug-likeness (QED) is 0.937. The molecule has 4 rings (SSSR count). The van der Waals surface area contributed by atoms with Gasteiger partial charge in [0.05, 0.1) is 5.69 Å². The second kappa shape index (κ2) is 6.07. The van der Waals surface area contributed by atoms with Crippen molar-refractivity contribution in [3.8, 4) is 0 Å². The van der Waals surface area contributed by atoms with Crippen molar-refractivity contribution in [2.75, 3.05) is 25.5 Å². The Labute approximate surface area is 137 Å². The Balaban J connectivity index is 1.56. The SMILES string of the molecule is C[C@H]1CCc2c(nc3ncnn3c2NCC[C@H]2CCCN2C)C1. The molecule has 0 radical (unpaired) electrons. The van der Waals surface area contributed by atoms with Crippen LogP contribution in [0, 0.1) is 5.92 Å². The fourth-order valence-electron chi connectivity index (χ4n) is 4.06. The van der Waals surface area contributed by atoms with Crippen LogP contribution >= 0.6 is 0 Å². The summed E-state index contributed by atoms with van der Waals surface area (Å²) in [4.78, 5) is 11.5. The van der Waals surface area contributed by atoms with Gasteiger partial charge in [-0.05, 0) is 58.0 Å².